The van der Waals surface area contributed by atoms with Crippen molar-refractivity contribution in [2.24, 2.45) is 5.41 Å². The standard InChI is InChI=1S/C21H25NO3/c1-13-10-11-17(22-20(24)21(3,4)5)16(12-13)19(23)15-8-7-9-18(25-6)14(15)2/h7-12H,1-6H3,(H,22,24). The molecule has 132 valence electrons. The average molecular weight is 339 g/mol. The van der Waals surface area contributed by atoms with Crippen LogP contribution in [0.1, 0.15) is 47.8 Å². The maximum atomic E-state index is 13.1. The fourth-order valence-corrected chi connectivity index (χ4v) is 2.49. The molecule has 0 bridgehead atoms. The summed E-state index contributed by atoms with van der Waals surface area (Å²) in [7, 11) is 1.58. The molecule has 1 N–H and O–H groups in total. The molecule has 0 fully saturated rings. The highest BCUT2D eigenvalue weighted by Gasteiger charge is 2.24. The number of ether oxygens (including phenoxy) is 1. The first-order chi connectivity index (χ1) is 11.6. The predicted molar refractivity (Wildman–Crippen MR) is 100 cm³/mol. The minimum absolute atomic E-state index is 0.132. The maximum absolute atomic E-state index is 13.1. The lowest BCUT2D eigenvalue weighted by atomic mass is 9.93. The van der Waals surface area contributed by atoms with Crippen molar-refractivity contribution < 1.29 is 14.3 Å². The summed E-state index contributed by atoms with van der Waals surface area (Å²) in [4.78, 5) is 25.5. The van der Waals surface area contributed by atoms with E-state index in [-0.39, 0.29) is 11.7 Å². The van der Waals surface area contributed by atoms with E-state index < -0.39 is 5.41 Å². The van der Waals surface area contributed by atoms with Gasteiger partial charge in [-0.2, -0.15) is 0 Å². The molecule has 0 unspecified atom stereocenters. The van der Waals surface area contributed by atoms with Gasteiger partial charge in [-0.15, -0.1) is 0 Å². The van der Waals surface area contributed by atoms with Gasteiger partial charge in [0.25, 0.3) is 0 Å². The molecule has 0 atom stereocenters. The molecule has 1 amide bonds. The molecule has 0 heterocycles. The Balaban J connectivity index is 2.50. The van der Waals surface area contributed by atoms with Gasteiger partial charge in [0.05, 0.1) is 12.8 Å². The van der Waals surface area contributed by atoms with Gasteiger partial charge in [-0.3, -0.25) is 9.59 Å². The van der Waals surface area contributed by atoms with Crippen molar-refractivity contribution in [2.45, 2.75) is 34.6 Å². The lowest BCUT2D eigenvalue weighted by molar-refractivity contribution is -0.123. The normalized spacial score (nSPS) is 11.1. The van der Waals surface area contributed by atoms with E-state index in [9.17, 15) is 9.59 Å². The van der Waals surface area contributed by atoms with Crippen molar-refractivity contribution in [1.29, 1.82) is 0 Å². The lowest BCUT2D eigenvalue weighted by Crippen LogP contribution is -2.28. The van der Waals surface area contributed by atoms with E-state index in [2.05, 4.69) is 5.32 Å². The molecule has 4 heteroatoms. The zero-order valence-electron chi connectivity index (χ0n) is 15.7. The van der Waals surface area contributed by atoms with E-state index in [0.29, 0.717) is 22.6 Å². The molecule has 0 spiro atoms. The number of benzene rings is 2. The Kier molecular flexibility index (Phi) is 5.31. The lowest BCUT2D eigenvalue weighted by Gasteiger charge is -2.20. The topological polar surface area (TPSA) is 55.4 Å². The summed E-state index contributed by atoms with van der Waals surface area (Å²) in [5.41, 5.74) is 2.77. The Labute approximate surface area is 149 Å². The molecule has 0 saturated heterocycles. The van der Waals surface area contributed by atoms with Gasteiger partial charge in [0.1, 0.15) is 5.75 Å². The zero-order chi connectivity index (χ0) is 18.8. The molecule has 4 nitrogen and oxygen atoms in total. The highest BCUT2D eigenvalue weighted by Crippen LogP contribution is 2.28. The van der Waals surface area contributed by atoms with Crippen LogP contribution in [0.25, 0.3) is 0 Å². The van der Waals surface area contributed by atoms with E-state index in [1.807, 2.05) is 46.8 Å². The molecule has 0 aliphatic heterocycles. The summed E-state index contributed by atoms with van der Waals surface area (Å²) >= 11 is 0. The average Bonchev–Trinajstić information content (AvgIpc) is 2.55. The molecule has 0 saturated carbocycles. The van der Waals surface area contributed by atoms with Crippen LogP contribution in [0.15, 0.2) is 36.4 Å². The molecule has 0 aliphatic carbocycles. The third-order valence-corrected chi connectivity index (χ3v) is 4.10. The smallest absolute Gasteiger partial charge is 0.229 e. The van der Waals surface area contributed by atoms with Gasteiger partial charge in [-0.1, -0.05) is 44.5 Å². The zero-order valence-corrected chi connectivity index (χ0v) is 15.7. The first-order valence-electron chi connectivity index (χ1n) is 8.25. The van der Waals surface area contributed by atoms with Crippen molar-refractivity contribution in [3.05, 3.63) is 58.7 Å². The van der Waals surface area contributed by atoms with Crippen molar-refractivity contribution in [2.75, 3.05) is 12.4 Å². The maximum Gasteiger partial charge on any atom is 0.229 e. The van der Waals surface area contributed by atoms with E-state index >= 15 is 0 Å². The molecule has 0 radical (unpaired) electrons. The van der Waals surface area contributed by atoms with Crippen LogP contribution in [-0.4, -0.2) is 18.8 Å². The van der Waals surface area contributed by atoms with Gasteiger partial charge < -0.3 is 10.1 Å². The van der Waals surface area contributed by atoms with E-state index in [4.69, 9.17) is 4.74 Å². The van der Waals surface area contributed by atoms with Crippen molar-refractivity contribution in [3.8, 4) is 5.75 Å². The van der Waals surface area contributed by atoms with Crippen LogP contribution in [0.2, 0.25) is 0 Å². The van der Waals surface area contributed by atoms with Crippen LogP contribution in [0.5, 0.6) is 5.75 Å². The highest BCUT2D eigenvalue weighted by atomic mass is 16.5. The van der Waals surface area contributed by atoms with Gasteiger partial charge in [-0.25, -0.2) is 0 Å². The van der Waals surface area contributed by atoms with Crippen molar-refractivity contribution in [1.82, 2.24) is 0 Å². The van der Waals surface area contributed by atoms with Crippen LogP contribution >= 0.6 is 0 Å². The number of amides is 1. The number of carbonyl (C=O) groups is 2. The Bertz CT molecular complexity index is 816. The summed E-state index contributed by atoms with van der Waals surface area (Å²) in [5.74, 6) is 0.399. The van der Waals surface area contributed by atoms with Gasteiger partial charge in [0.15, 0.2) is 5.78 Å². The van der Waals surface area contributed by atoms with Gasteiger partial charge in [0, 0.05) is 22.1 Å². The minimum Gasteiger partial charge on any atom is -0.496 e. The van der Waals surface area contributed by atoms with Gasteiger partial charge >= 0.3 is 0 Å². The molecule has 0 aliphatic rings. The van der Waals surface area contributed by atoms with Crippen molar-refractivity contribution in [3.63, 3.8) is 0 Å². The van der Waals surface area contributed by atoms with E-state index in [1.165, 1.54) is 0 Å². The minimum atomic E-state index is -0.545. The third-order valence-electron chi connectivity index (χ3n) is 4.10. The van der Waals surface area contributed by atoms with Crippen LogP contribution in [-0.2, 0) is 4.79 Å². The molecular weight excluding hydrogens is 314 g/mol. The monoisotopic (exact) mass is 339 g/mol. The molecule has 25 heavy (non-hydrogen) atoms. The number of carbonyl (C=O) groups excluding carboxylic acids is 2. The fraction of sp³-hybridized carbons (Fsp3) is 0.333. The van der Waals surface area contributed by atoms with E-state index in [1.54, 1.807) is 31.4 Å². The van der Waals surface area contributed by atoms with Crippen LogP contribution in [0.3, 0.4) is 0 Å². The third kappa shape index (κ3) is 4.08. The number of rotatable bonds is 4. The number of aryl methyl sites for hydroxylation is 1. The van der Waals surface area contributed by atoms with Crippen molar-refractivity contribution >= 4 is 17.4 Å². The molecular formula is C21H25NO3. The first-order valence-corrected chi connectivity index (χ1v) is 8.25. The second-order valence-electron chi connectivity index (χ2n) is 7.22. The number of hydrogen-bond donors (Lipinski definition) is 1. The Morgan fingerprint density at radius 1 is 1.00 bits per heavy atom. The largest absolute Gasteiger partial charge is 0.496 e. The van der Waals surface area contributed by atoms with E-state index in [0.717, 1.165) is 11.1 Å². The number of ketones is 1. The summed E-state index contributed by atoms with van der Waals surface area (Å²) in [6.07, 6.45) is 0. The quantitative estimate of drug-likeness (QED) is 0.833. The Morgan fingerprint density at radius 3 is 2.28 bits per heavy atom. The number of anilines is 1. The molecule has 2 aromatic carbocycles. The predicted octanol–water partition coefficient (Wildman–Crippen LogP) is 4.53. The second kappa shape index (κ2) is 7.09. The molecule has 2 rings (SSSR count). The van der Waals surface area contributed by atoms with Gasteiger partial charge in [0.2, 0.25) is 5.91 Å². The highest BCUT2D eigenvalue weighted by molar-refractivity contribution is 6.15. The van der Waals surface area contributed by atoms with Crippen LogP contribution in [0, 0.1) is 19.3 Å². The second-order valence-corrected chi connectivity index (χ2v) is 7.22. The first kappa shape index (κ1) is 18.7. The molecule has 0 aromatic heterocycles. The summed E-state index contributed by atoms with van der Waals surface area (Å²) < 4.78 is 5.31. The van der Waals surface area contributed by atoms with Crippen LogP contribution < -0.4 is 10.1 Å². The summed E-state index contributed by atoms with van der Waals surface area (Å²) in [5, 5.41) is 2.89. The Hall–Kier alpha value is -2.62. The summed E-state index contributed by atoms with van der Waals surface area (Å²) in [6, 6.07) is 10.9. The molecule has 2 aromatic rings. The van der Waals surface area contributed by atoms with Crippen LogP contribution in [0.4, 0.5) is 5.69 Å². The fourth-order valence-electron chi connectivity index (χ4n) is 2.49. The SMILES string of the molecule is COc1cccc(C(=O)c2cc(C)ccc2NC(=O)C(C)(C)C)c1C. The van der Waals surface area contributed by atoms with Gasteiger partial charge in [-0.05, 0) is 32.0 Å². The number of hydrogen-bond acceptors (Lipinski definition) is 3. The number of methoxy groups -OCH3 is 1. The Morgan fingerprint density at radius 2 is 1.68 bits per heavy atom. The summed E-state index contributed by atoms with van der Waals surface area (Å²) in [6.45, 7) is 9.29. The number of nitrogens with one attached hydrogen (secondary N) is 1.